The first-order valence-electron chi connectivity index (χ1n) is 8.79. The van der Waals surface area contributed by atoms with Crippen LogP contribution in [0.3, 0.4) is 0 Å². The normalized spacial score (nSPS) is 13.5. The predicted molar refractivity (Wildman–Crippen MR) is 105 cm³/mol. The van der Waals surface area contributed by atoms with Gasteiger partial charge in [0.25, 0.3) is 0 Å². The van der Waals surface area contributed by atoms with Crippen molar-refractivity contribution in [3.63, 3.8) is 0 Å². The molecule has 1 saturated carbocycles. The zero-order valence-electron chi connectivity index (χ0n) is 15.2. The molecule has 1 aliphatic rings. The maximum Gasteiger partial charge on any atom is 0.229 e. The lowest BCUT2D eigenvalue weighted by atomic mass is 10.2. The van der Waals surface area contributed by atoms with Crippen molar-refractivity contribution in [2.45, 2.75) is 25.7 Å². The first kappa shape index (κ1) is 16.4. The topological polar surface area (TPSA) is 81.8 Å². The van der Waals surface area contributed by atoms with E-state index in [9.17, 15) is 0 Å². The highest BCUT2D eigenvalue weighted by Crippen LogP contribution is 2.39. The van der Waals surface area contributed by atoms with E-state index in [0.29, 0.717) is 11.9 Å². The predicted octanol–water partition coefficient (Wildman–Crippen LogP) is 3.94. The molecule has 0 radical (unpaired) electrons. The van der Waals surface area contributed by atoms with Gasteiger partial charge in [-0.05, 0) is 44.0 Å². The molecule has 3 aromatic rings. The highest BCUT2D eigenvalue weighted by Gasteiger charge is 2.26. The number of hydrogen-bond donors (Lipinski definition) is 3. The number of hydrogen-bond acceptors (Lipinski definition) is 6. The monoisotopic (exact) mass is 349 g/mol. The van der Waals surface area contributed by atoms with E-state index in [-0.39, 0.29) is 0 Å². The highest BCUT2D eigenvalue weighted by molar-refractivity contribution is 5.61. The fourth-order valence-corrected chi connectivity index (χ4v) is 2.79. The number of nitrogens with zero attached hydrogens (tertiary/aromatic N) is 4. The molecule has 2 aromatic heterocycles. The van der Waals surface area contributed by atoms with Crippen molar-refractivity contribution < 1.29 is 0 Å². The van der Waals surface area contributed by atoms with E-state index in [2.05, 4.69) is 53.9 Å². The van der Waals surface area contributed by atoms with Crippen molar-refractivity contribution in [1.29, 1.82) is 0 Å². The first-order chi connectivity index (χ1) is 12.6. The van der Waals surface area contributed by atoms with Crippen molar-refractivity contribution in [2.75, 3.05) is 29.6 Å². The molecular formula is C19H23N7. The lowest BCUT2D eigenvalue weighted by molar-refractivity contribution is 0.966. The average Bonchev–Trinajstić information content (AvgIpc) is 3.35. The number of nitrogens with one attached hydrogen (secondary N) is 3. The molecule has 1 aromatic carbocycles. The van der Waals surface area contributed by atoms with Crippen molar-refractivity contribution in [2.24, 2.45) is 0 Å². The van der Waals surface area contributed by atoms with Gasteiger partial charge in [0.1, 0.15) is 11.6 Å². The van der Waals surface area contributed by atoms with Crippen molar-refractivity contribution in [1.82, 2.24) is 20.2 Å². The number of aromatic nitrogens is 4. The summed E-state index contributed by atoms with van der Waals surface area (Å²) in [6.07, 6.45) is 2.47. The van der Waals surface area contributed by atoms with Gasteiger partial charge in [-0.1, -0.05) is 0 Å². The maximum absolute atomic E-state index is 4.56. The summed E-state index contributed by atoms with van der Waals surface area (Å²) in [4.78, 5) is 11.1. The van der Waals surface area contributed by atoms with Crippen molar-refractivity contribution >= 4 is 29.0 Å². The fraction of sp³-hybridized carbons (Fsp3) is 0.316. The summed E-state index contributed by atoms with van der Waals surface area (Å²) in [6.45, 7) is 1.95. The largest absolute Gasteiger partial charge is 0.378 e. The van der Waals surface area contributed by atoms with E-state index in [1.54, 1.807) is 0 Å². The van der Waals surface area contributed by atoms with Gasteiger partial charge >= 0.3 is 0 Å². The lowest BCUT2D eigenvalue weighted by Gasteiger charge is -2.13. The van der Waals surface area contributed by atoms with Crippen LogP contribution in [-0.2, 0) is 0 Å². The van der Waals surface area contributed by atoms with Gasteiger partial charge in [-0.3, -0.25) is 5.10 Å². The highest BCUT2D eigenvalue weighted by atomic mass is 15.2. The van der Waals surface area contributed by atoms with Crippen LogP contribution in [0.15, 0.2) is 36.4 Å². The van der Waals surface area contributed by atoms with Gasteiger partial charge in [-0.2, -0.15) is 10.1 Å². The lowest BCUT2D eigenvalue weighted by Crippen LogP contribution is -2.08. The first-order valence-corrected chi connectivity index (χ1v) is 8.79. The van der Waals surface area contributed by atoms with Crippen LogP contribution in [-0.4, -0.2) is 34.3 Å². The second-order valence-electron chi connectivity index (χ2n) is 6.89. The smallest absolute Gasteiger partial charge is 0.229 e. The third kappa shape index (κ3) is 3.77. The number of aryl methyl sites for hydroxylation is 1. The molecule has 2 heterocycles. The Morgan fingerprint density at radius 1 is 1.04 bits per heavy atom. The molecule has 0 unspecified atom stereocenters. The number of aromatic amines is 1. The summed E-state index contributed by atoms with van der Waals surface area (Å²) in [6, 6.07) is 12.1. The van der Waals surface area contributed by atoms with Crippen LogP contribution in [0.4, 0.5) is 29.0 Å². The summed E-state index contributed by atoms with van der Waals surface area (Å²) < 4.78 is 0. The minimum Gasteiger partial charge on any atom is -0.378 e. The standard InChI is InChI=1S/C19H23N7/c1-12-10-17(22-18-11-16(24-25-18)13-4-5-13)23-19(20-12)21-14-6-8-15(9-7-14)26(2)3/h6-11,13H,4-5H2,1-3H3,(H3,20,21,22,23,24,25). The van der Waals surface area contributed by atoms with Crippen LogP contribution < -0.4 is 15.5 Å². The van der Waals surface area contributed by atoms with Crippen LogP contribution in [0, 0.1) is 6.92 Å². The minimum atomic E-state index is 0.562. The molecule has 0 bridgehead atoms. The van der Waals surface area contributed by atoms with E-state index in [1.807, 2.05) is 39.2 Å². The summed E-state index contributed by atoms with van der Waals surface area (Å²) in [5, 5.41) is 13.9. The summed E-state index contributed by atoms with van der Waals surface area (Å²) in [5.41, 5.74) is 4.10. The molecule has 26 heavy (non-hydrogen) atoms. The Hall–Kier alpha value is -3.09. The zero-order chi connectivity index (χ0) is 18.1. The van der Waals surface area contributed by atoms with Crippen molar-refractivity contribution in [3.05, 3.63) is 47.8 Å². The maximum atomic E-state index is 4.56. The Labute approximate surface area is 152 Å². The molecular weight excluding hydrogens is 326 g/mol. The molecule has 0 aliphatic heterocycles. The molecule has 7 nitrogen and oxygen atoms in total. The molecule has 0 atom stereocenters. The van der Waals surface area contributed by atoms with Crippen LogP contribution in [0.1, 0.15) is 30.1 Å². The molecule has 1 aliphatic carbocycles. The van der Waals surface area contributed by atoms with E-state index in [1.165, 1.54) is 12.8 Å². The molecule has 134 valence electrons. The van der Waals surface area contributed by atoms with Crippen LogP contribution in [0.2, 0.25) is 0 Å². The minimum absolute atomic E-state index is 0.562. The Balaban J connectivity index is 1.49. The summed E-state index contributed by atoms with van der Waals surface area (Å²) in [5.74, 6) is 2.77. The second-order valence-corrected chi connectivity index (χ2v) is 6.89. The molecule has 1 fully saturated rings. The molecule has 0 saturated heterocycles. The van der Waals surface area contributed by atoms with E-state index >= 15 is 0 Å². The van der Waals surface area contributed by atoms with Crippen LogP contribution >= 0.6 is 0 Å². The quantitative estimate of drug-likeness (QED) is 0.625. The van der Waals surface area contributed by atoms with Gasteiger partial charge in [0.15, 0.2) is 0 Å². The van der Waals surface area contributed by atoms with Crippen LogP contribution in [0.25, 0.3) is 0 Å². The average molecular weight is 349 g/mol. The summed E-state index contributed by atoms with van der Waals surface area (Å²) >= 11 is 0. The molecule has 7 heteroatoms. The number of anilines is 5. The van der Waals surface area contributed by atoms with Gasteiger partial charge in [0.2, 0.25) is 5.95 Å². The Kier molecular flexibility index (Phi) is 4.20. The molecule has 0 spiro atoms. The molecule has 0 amide bonds. The van der Waals surface area contributed by atoms with Gasteiger partial charge in [0.05, 0.1) is 5.69 Å². The number of benzene rings is 1. The SMILES string of the molecule is Cc1cc(Nc2cc(C3CC3)n[nH]2)nc(Nc2ccc(N(C)C)cc2)n1. The van der Waals surface area contributed by atoms with Gasteiger partial charge in [0, 0.05) is 49.2 Å². The second kappa shape index (κ2) is 6.67. The molecule has 3 N–H and O–H groups in total. The van der Waals surface area contributed by atoms with Gasteiger partial charge < -0.3 is 15.5 Å². The Morgan fingerprint density at radius 3 is 2.50 bits per heavy atom. The Morgan fingerprint density at radius 2 is 1.81 bits per heavy atom. The molecule has 4 rings (SSSR count). The Bertz CT molecular complexity index is 895. The van der Waals surface area contributed by atoms with E-state index < -0.39 is 0 Å². The zero-order valence-corrected chi connectivity index (χ0v) is 15.2. The number of rotatable bonds is 6. The fourth-order valence-electron chi connectivity index (χ4n) is 2.79. The van der Waals surface area contributed by atoms with Gasteiger partial charge in [-0.25, -0.2) is 4.98 Å². The third-order valence-electron chi connectivity index (χ3n) is 4.35. The van der Waals surface area contributed by atoms with Crippen LogP contribution in [0.5, 0.6) is 0 Å². The third-order valence-corrected chi connectivity index (χ3v) is 4.35. The summed E-state index contributed by atoms with van der Waals surface area (Å²) in [7, 11) is 4.04. The van der Waals surface area contributed by atoms with E-state index in [4.69, 9.17) is 0 Å². The number of H-pyrrole nitrogens is 1. The van der Waals surface area contributed by atoms with Crippen molar-refractivity contribution in [3.8, 4) is 0 Å². The van der Waals surface area contributed by atoms with Gasteiger partial charge in [-0.15, -0.1) is 0 Å². The van der Waals surface area contributed by atoms with E-state index in [0.717, 1.165) is 34.4 Å².